The first-order valence-electron chi connectivity index (χ1n) is 22.2. The Bertz CT molecular complexity index is 2040. The van der Waals surface area contributed by atoms with Crippen LogP contribution in [-0.2, 0) is 25.7 Å². The average molecular weight is 789 g/mol. The molecular formula is C52H65FO5. The number of allylic oxidation sites excluding steroid dienone is 5. The highest BCUT2D eigenvalue weighted by Gasteiger charge is 2.69. The van der Waals surface area contributed by atoms with Gasteiger partial charge in [0, 0.05) is 11.8 Å². The number of ether oxygens (including phenoxy) is 2. The van der Waals surface area contributed by atoms with Gasteiger partial charge in [0.1, 0.15) is 19.9 Å². The smallest absolute Gasteiger partial charge is 0.338 e. The Morgan fingerprint density at radius 2 is 1.50 bits per heavy atom. The van der Waals surface area contributed by atoms with Crippen molar-refractivity contribution in [1.29, 1.82) is 0 Å². The largest absolute Gasteiger partial charge is 0.461 e. The lowest BCUT2D eigenvalue weighted by molar-refractivity contribution is -0.200. The molecule has 2 aromatic carbocycles. The highest BCUT2D eigenvalue weighted by molar-refractivity contribution is 6.01. The van der Waals surface area contributed by atoms with Crippen LogP contribution in [0.4, 0.5) is 4.39 Å². The number of hydrogen-bond donors (Lipinski definition) is 0. The first-order valence-corrected chi connectivity index (χ1v) is 22.2. The van der Waals surface area contributed by atoms with Crippen LogP contribution < -0.4 is 0 Å². The first kappa shape index (κ1) is 41.0. The molecule has 6 heteroatoms. The number of ketones is 1. The Hall–Kier alpha value is -3.80. The molecule has 6 aliphatic carbocycles. The van der Waals surface area contributed by atoms with E-state index in [-0.39, 0.29) is 58.5 Å². The maximum atomic E-state index is 14.8. The number of fused-ring (bicyclic) bond motifs is 7. The number of carbonyl (C=O) groups is 3. The molecule has 0 aromatic heterocycles. The maximum absolute atomic E-state index is 14.8. The number of rotatable bonds is 9. The lowest BCUT2D eigenvalue weighted by Gasteiger charge is -2.71. The molecule has 5 nitrogen and oxygen atoms in total. The Morgan fingerprint density at radius 1 is 0.793 bits per heavy atom. The van der Waals surface area contributed by atoms with E-state index in [2.05, 4.69) is 60.6 Å². The standard InChI is InChI=1S/C52H65FO5/c1-34(2)43-40(54)30-52(33-58-45(55)37-16-12-9-13-17-37)29-28-49(6)39(44(43)52)18-19-42-48(5)24-22-38(47(3,4)41(48)23-25-50(42,49)7)36-20-26-51(32-53,27-21-36)46(56)57-31-35-14-10-8-11-15-35/h8-17,20,22,34,39,41-42H,18-19,21,23-33H2,1-7H3/t39-,41+,42-,48+,49-,50-,51+,52+/m1/s1. The molecule has 0 saturated heterocycles. The summed E-state index contributed by atoms with van der Waals surface area (Å²) in [7, 11) is 0. The van der Waals surface area contributed by atoms with Gasteiger partial charge in [-0.1, -0.05) is 109 Å². The van der Waals surface area contributed by atoms with Crippen molar-refractivity contribution in [2.45, 2.75) is 126 Å². The molecule has 0 heterocycles. The van der Waals surface area contributed by atoms with E-state index in [1.165, 1.54) is 16.7 Å². The predicted octanol–water partition coefficient (Wildman–Crippen LogP) is 12.2. The highest BCUT2D eigenvalue weighted by Crippen LogP contribution is 2.77. The van der Waals surface area contributed by atoms with Crippen LogP contribution in [0.5, 0.6) is 0 Å². The van der Waals surface area contributed by atoms with E-state index in [4.69, 9.17) is 9.47 Å². The summed E-state index contributed by atoms with van der Waals surface area (Å²) in [5, 5.41) is 0. The van der Waals surface area contributed by atoms with E-state index >= 15 is 0 Å². The summed E-state index contributed by atoms with van der Waals surface area (Å²) >= 11 is 0. The molecule has 0 unspecified atom stereocenters. The van der Waals surface area contributed by atoms with Gasteiger partial charge in [-0.25, -0.2) is 9.18 Å². The number of carbonyl (C=O) groups excluding carboxylic acids is 3. The van der Waals surface area contributed by atoms with Crippen molar-refractivity contribution in [1.82, 2.24) is 0 Å². The summed E-state index contributed by atoms with van der Waals surface area (Å²) in [6.45, 7) is 16.7. The van der Waals surface area contributed by atoms with Crippen molar-refractivity contribution < 1.29 is 28.2 Å². The van der Waals surface area contributed by atoms with Crippen LogP contribution in [0.3, 0.4) is 0 Å². The van der Waals surface area contributed by atoms with Crippen molar-refractivity contribution in [3.8, 4) is 0 Å². The normalized spacial score (nSPS) is 36.5. The molecule has 8 atom stereocenters. The summed E-state index contributed by atoms with van der Waals surface area (Å²) < 4.78 is 26.6. The Labute approximate surface area is 346 Å². The Balaban J connectivity index is 1.04. The molecule has 0 radical (unpaired) electrons. The van der Waals surface area contributed by atoms with Gasteiger partial charge < -0.3 is 9.47 Å². The quantitative estimate of drug-likeness (QED) is 0.237. The highest BCUT2D eigenvalue weighted by atomic mass is 19.1. The fraction of sp³-hybridized carbons (Fsp3) is 0.596. The maximum Gasteiger partial charge on any atom is 0.338 e. The minimum absolute atomic E-state index is 0.0157. The second kappa shape index (κ2) is 14.7. The number of hydrogen-bond acceptors (Lipinski definition) is 5. The number of esters is 2. The minimum Gasteiger partial charge on any atom is -0.461 e. The van der Waals surface area contributed by atoms with E-state index in [0.29, 0.717) is 43.1 Å². The number of Topliss-reactive ketones (excluding diaryl/α,β-unsaturated/α-hetero) is 1. The third-order valence-electron chi connectivity index (χ3n) is 17.5. The van der Waals surface area contributed by atoms with Crippen LogP contribution in [0.2, 0.25) is 0 Å². The van der Waals surface area contributed by atoms with Gasteiger partial charge in [-0.2, -0.15) is 0 Å². The summed E-state index contributed by atoms with van der Waals surface area (Å²) in [5.74, 6) is 0.940. The zero-order valence-electron chi connectivity index (χ0n) is 36.1. The van der Waals surface area contributed by atoms with E-state index in [1.54, 1.807) is 12.1 Å². The van der Waals surface area contributed by atoms with E-state index in [1.807, 2.05) is 48.5 Å². The Morgan fingerprint density at radius 3 is 2.16 bits per heavy atom. The third-order valence-corrected chi connectivity index (χ3v) is 17.5. The number of halogens is 1. The van der Waals surface area contributed by atoms with Gasteiger partial charge in [0.05, 0.1) is 11.0 Å². The van der Waals surface area contributed by atoms with Gasteiger partial charge in [0.2, 0.25) is 0 Å². The van der Waals surface area contributed by atoms with Crippen molar-refractivity contribution in [2.24, 2.45) is 56.2 Å². The minimum atomic E-state index is -1.12. The molecule has 3 saturated carbocycles. The third kappa shape index (κ3) is 6.23. The SMILES string of the molecule is CC(C)C1=C2[C@H]3CC[C@@H]4[C@@]5(C)CC=C(C6=CC[C@](CF)(C(=O)OCc7ccccc7)CC6)C(C)(C)[C@@H]5CC[C@@]4(C)[C@]3(C)CC[C@@]2(COC(=O)c2ccccc2)CC1=O. The molecule has 2 aromatic rings. The van der Waals surface area contributed by atoms with Gasteiger partial charge in [0.15, 0.2) is 5.78 Å². The van der Waals surface area contributed by atoms with Gasteiger partial charge in [-0.3, -0.25) is 9.59 Å². The van der Waals surface area contributed by atoms with Crippen LogP contribution in [0.25, 0.3) is 0 Å². The van der Waals surface area contributed by atoms with Gasteiger partial charge in [0.25, 0.3) is 0 Å². The zero-order chi connectivity index (χ0) is 41.3. The van der Waals surface area contributed by atoms with Gasteiger partial charge >= 0.3 is 11.9 Å². The fourth-order valence-corrected chi connectivity index (χ4v) is 14.3. The molecule has 0 spiro atoms. The van der Waals surface area contributed by atoms with Crippen molar-refractivity contribution in [3.05, 3.63) is 106 Å². The molecule has 0 amide bonds. The van der Waals surface area contributed by atoms with Crippen molar-refractivity contribution in [2.75, 3.05) is 13.3 Å². The molecule has 310 valence electrons. The summed E-state index contributed by atoms with van der Waals surface area (Å²) in [6.07, 6.45) is 14.0. The molecule has 8 rings (SSSR count). The topological polar surface area (TPSA) is 69.7 Å². The van der Waals surface area contributed by atoms with Crippen molar-refractivity contribution in [3.63, 3.8) is 0 Å². The predicted molar refractivity (Wildman–Crippen MR) is 226 cm³/mol. The lowest BCUT2D eigenvalue weighted by atomic mass is 9.33. The number of alkyl halides is 1. The number of benzene rings is 2. The molecule has 3 fully saturated rings. The lowest BCUT2D eigenvalue weighted by Crippen LogP contribution is -2.64. The second-order valence-corrected chi connectivity index (χ2v) is 20.9. The van der Waals surface area contributed by atoms with Gasteiger partial charge in [-0.15, -0.1) is 0 Å². The average Bonchev–Trinajstić information content (AvgIpc) is 3.52. The van der Waals surface area contributed by atoms with Crippen LogP contribution in [-0.4, -0.2) is 31.0 Å². The molecule has 0 N–H and O–H groups in total. The molecule has 6 aliphatic rings. The van der Waals surface area contributed by atoms with Gasteiger partial charge in [-0.05, 0) is 150 Å². The van der Waals surface area contributed by atoms with Crippen LogP contribution in [0.15, 0.2) is 95.1 Å². The molecule has 58 heavy (non-hydrogen) atoms. The fourth-order valence-electron chi connectivity index (χ4n) is 14.3. The second-order valence-electron chi connectivity index (χ2n) is 20.9. The summed E-state index contributed by atoms with van der Waals surface area (Å²) in [4.78, 5) is 40.7. The zero-order valence-corrected chi connectivity index (χ0v) is 36.1. The molecule has 0 bridgehead atoms. The van der Waals surface area contributed by atoms with Crippen LogP contribution in [0, 0.1) is 56.2 Å². The Kier molecular flexibility index (Phi) is 10.4. The van der Waals surface area contributed by atoms with E-state index in [0.717, 1.165) is 56.1 Å². The summed E-state index contributed by atoms with van der Waals surface area (Å²) in [6, 6.07) is 18.8. The monoisotopic (exact) mass is 788 g/mol. The van der Waals surface area contributed by atoms with E-state index in [9.17, 15) is 18.8 Å². The van der Waals surface area contributed by atoms with Crippen LogP contribution >= 0.6 is 0 Å². The van der Waals surface area contributed by atoms with Crippen LogP contribution in [0.1, 0.15) is 135 Å². The van der Waals surface area contributed by atoms with Crippen molar-refractivity contribution >= 4 is 17.7 Å². The summed E-state index contributed by atoms with van der Waals surface area (Å²) in [5.41, 5.74) is 5.07. The first-order chi connectivity index (χ1) is 27.6. The molecular weight excluding hydrogens is 724 g/mol. The molecule has 0 aliphatic heterocycles. The van der Waals surface area contributed by atoms with E-state index < -0.39 is 23.5 Å².